The maximum atomic E-state index is 13.3. The van der Waals surface area contributed by atoms with Gasteiger partial charge in [-0.05, 0) is 60.4 Å². The summed E-state index contributed by atoms with van der Waals surface area (Å²) in [6.07, 6.45) is -3.82. The number of hydrogen-bond donors (Lipinski definition) is 4. The van der Waals surface area contributed by atoms with Crippen molar-refractivity contribution >= 4 is 17.3 Å². The number of rotatable bonds is 11. The van der Waals surface area contributed by atoms with Gasteiger partial charge >= 0.3 is 6.18 Å². The number of anilines is 2. The molecular weight excluding hydrogens is 491 g/mol. The van der Waals surface area contributed by atoms with Gasteiger partial charge in [-0.15, -0.1) is 0 Å². The van der Waals surface area contributed by atoms with Gasteiger partial charge in [-0.1, -0.05) is 68.1 Å². The fourth-order valence-corrected chi connectivity index (χ4v) is 3.80. The molecule has 0 aliphatic rings. The lowest BCUT2D eigenvalue weighted by Crippen LogP contribution is -2.29. The molecule has 0 fully saturated rings. The van der Waals surface area contributed by atoms with Crippen LogP contribution in [0, 0.1) is 0 Å². The van der Waals surface area contributed by atoms with Crippen LogP contribution in [0.4, 0.5) is 24.5 Å². The van der Waals surface area contributed by atoms with Gasteiger partial charge in [0.25, 0.3) is 5.91 Å². The quantitative estimate of drug-likeness (QED) is 0.174. The van der Waals surface area contributed by atoms with Gasteiger partial charge in [0.15, 0.2) is 0 Å². The monoisotopic (exact) mass is 523 g/mol. The van der Waals surface area contributed by atoms with Crippen LogP contribution < -0.4 is 16.0 Å². The van der Waals surface area contributed by atoms with Crippen molar-refractivity contribution in [3.8, 4) is 0 Å². The highest BCUT2D eigenvalue weighted by Gasteiger charge is 2.31. The lowest BCUT2D eigenvalue weighted by atomic mass is 9.98. The fraction of sp³-hybridized carbons (Fsp3) is 0.233. The summed E-state index contributed by atoms with van der Waals surface area (Å²) < 4.78 is 39.8. The minimum atomic E-state index is -4.68. The summed E-state index contributed by atoms with van der Waals surface area (Å²) >= 11 is 0. The number of aliphatic hydroxyl groups is 1. The smallest absolute Gasteiger partial charge is 0.392 e. The normalized spacial score (nSPS) is 13.5. The lowest BCUT2D eigenvalue weighted by Gasteiger charge is -2.22. The first-order valence-corrected chi connectivity index (χ1v) is 12.3. The van der Waals surface area contributed by atoms with Crippen LogP contribution in [0.15, 0.2) is 103 Å². The van der Waals surface area contributed by atoms with Crippen molar-refractivity contribution in [3.63, 3.8) is 0 Å². The van der Waals surface area contributed by atoms with E-state index in [4.69, 9.17) is 0 Å². The topological polar surface area (TPSA) is 73.4 Å². The lowest BCUT2D eigenvalue weighted by molar-refractivity contribution is -0.112. The second-order valence-corrected chi connectivity index (χ2v) is 8.94. The molecule has 0 aliphatic heterocycles. The summed E-state index contributed by atoms with van der Waals surface area (Å²) in [6.45, 7) is 7.06. The van der Waals surface area contributed by atoms with Gasteiger partial charge < -0.3 is 21.1 Å². The first-order chi connectivity index (χ1) is 18.1. The Morgan fingerprint density at radius 2 is 1.58 bits per heavy atom. The van der Waals surface area contributed by atoms with Gasteiger partial charge in [-0.2, -0.15) is 13.2 Å². The Bertz CT molecular complexity index is 1270. The van der Waals surface area contributed by atoms with E-state index in [1.807, 2.05) is 49.4 Å². The number of aliphatic hydroxyl groups excluding tert-OH is 1. The van der Waals surface area contributed by atoms with E-state index in [1.165, 1.54) is 0 Å². The number of nitrogens with one attached hydrogen (secondary N) is 3. The van der Waals surface area contributed by atoms with E-state index < -0.39 is 23.8 Å². The first kappa shape index (κ1) is 28.7. The second kappa shape index (κ2) is 13.1. The van der Waals surface area contributed by atoms with Crippen LogP contribution in [0.3, 0.4) is 0 Å². The molecule has 0 bridgehead atoms. The van der Waals surface area contributed by atoms with Crippen LogP contribution >= 0.6 is 0 Å². The molecule has 2 unspecified atom stereocenters. The molecule has 5 nitrogen and oxygen atoms in total. The van der Waals surface area contributed by atoms with Crippen molar-refractivity contribution in [2.75, 3.05) is 17.2 Å². The average Bonchev–Trinajstić information content (AvgIpc) is 2.88. The molecule has 200 valence electrons. The Hall–Kier alpha value is -3.88. The van der Waals surface area contributed by atoms with Gasteiger partial charge in [0.2, 0.25) is 0 Å². The Labute approximate surface area is 221 Å². The van der Waals surface area contributed by atoms with Gasteiger partial charge in [0, 0.05) is 17.9 Å². The fourth-order valence-electron chi connectivity index (χ4n) is 3.80. The number of alkyl halides is 3. The Kier molecular flexibility index (Phi) is 9.87. The molecule has 0 saturated carbocycles. The molecule has 0 radical (unpaired) electrons. The van der Waals surface area contributed by atoms with E-state index in [9.17, 15) is 23.1 Å². The maximum Gasteiger partial charge on any atom is 0.415 e. The molecule has 0 aliphatic carbocycles. The third kappa shape index (κ3) is 8.33. The molecule has 1 amide bonds. The number of amides is 1. The van der Waals surface area contributed by atoms with E-state index in [0.717, 1.165) is 23.1 Å². The number of carbonyl (C=O) groups excluding carboxylic acids is 1. The zero-order valence-electron chi connectivity index (χ0n) is 21.3. The van der Waals surface area contributed by atoms with Gasteiger partial charge in [-0.3, -0.25) is 4.79 Å². The number of carbonyl (C=O) groups is 1. The summed E-state index contributed by atoms with van der Waals surface area (Å²) in [6, 6.07) is 23.5. The number of allylic oxidation sites excluding steroid dienone is 2. The Balaban J connectivity index is 1.90. The van der Waals surface area contributed by atoms with Crippen LogP contribution in [0.2, 0.25) is 0 Å². The molecule has 3 rings (SSSR count). The average molecular weight is 524 g/mol. The second-order valence-electron chi connectivity index (χ2n) is 8.94. The molecule has 8 heteroatoms. The van der Waals surface area contributed by atoms with E-state index in [2.05, 4.69) is 22.5 Å². The first-order valence-electron chi connectivity index (χ1n) is 12.3. The van der Waals surface area contributed by atoms with Gasteiger partial charge in [0.1, 0.15) is 5.70 Å². The number of benzene rings is 3. The minimum absolute atomic E-state index is 0.280. The molecule has 4 N–H and O–H groups in total. The van der Waals surface area contributed by atoms with Crippen molar-refractivity contribution in [2.24, 2.45) is 0 Å². The number of halogens is 3. The molecule has 0 spiro atoms. The van der Waals surface area contributed by atoms with Crippen molar-refractivity contribution in [3.05, 3.63) is 119 Å². The Morgan fingerprint density at radius 3 is 2.21 bits per heavy atom. The van der Waals surface area contributed by atoms with E-state index in [-0.39, 0.29) is 11.7 Å². The predicted molar refractivity (Wildman–Crippen MR) is 146 cm³/mol. The SMILES string of the molecule is C=C(/C=C(\Nc1cccc(CC)c1)C(=O)Nc1cccc(C(NCC(C)O)c2ccccc2)c1)C(F)(F)F. The third-order valence-electron chi connectivity index (χ3n) is 5.77. The largest absolute Gasteiger partial charge is 0.415 e. The zero-order valence-corrected chi connectivity index (χ0v) is 21.3. The van der Waals surface area contributed by atoms with Crippen molar-refractivity contribution in [1.29, 1.82) is 0 Å². The molecule has 0 saturated heterocycles. The van der Waals surface area contributed by atoms with Crippen LogP contribution in [-0.2, 0) is 11.2 Å². The summed E-state index contributed by atoms with van der Waals surface area (Å²) in [7, 11) is 0. The van der Waals surface area contributed by atoms with Crippen LogP contribution in [0.25, 0.3) is 0 Å². The Morgan fingerprint density at radius 1 is 0.947 bits per heavy atom. The summed E-state index contributed by atoms with van der Waals surface area (Å²) in [5.41, 5.74) is 2.18. The summed E-state index contributed by atoms with van der Waals surface area (Å²) in [4.78, 5) is 13.2. The van der Waals surface area contributed by atoms with E-state index >= 15 is 0 Å². The molecular formula is C30H32F3N3O2. The van der Waals surface area contributed by atoms with Gasteiger partial charge in [-0.25, -0.2) is 0 Å². The molecule has 0 aromatic heterocycles. The van der Waals surface area contributed by atoms with Crippen molar-refractivity contribution in [1.82, 2.24) is 5.32 Å². The highest BCUT2D eigenvalue weighted by Crippen LogP contribution is 2.28. The van der Waals surface area contributed by atoms with Crippen LogP contribution in [0.1, 0.15) is 36.6 Å². The highest BCUT2D eigenvalue weighted by atomic mass is 19.4. The molecule has 38 heavy (non-hydrogen) atoms. The zero-order chi connectivity index (χ0) is 27.7. The highest BCUT2D eigenvalue weighted by molar-refractivity contribution is 6.06. The molecule has 2 atom stereocenters. The van der Waals surface area contributed by atoms with Crippen molar-refractivity contribution < 1.29 is 23.1 Å². The molecule has 3 aromatic carbocycles. The number of aryl methyl sites for hydroxylation is 1. The van der Waals surface area contributed by atoms with E-state index in [0.29, 0.717) is 24.0 Å². The predicted octanol–water partition coefficient (Wildman–Crippen LogP) is 6.36. The van der Waals surface area contributed by atoms with Gasteiger partial charge in [0.05, 0.1) is 17.7 Å². The minimum Gasteiger partial charge on any atom is -0.392 e. The van der Waals surface area contributed by atoms with E-state index in [1.54, 1.807) is 43.3 Å². The standard InChI is InChI=1S/C30H32F3N3O2/c1-4-22-10-8-14-25(17-22)35-27(16-20(2)30(31,32)33)29(38)36-26-15-9-13-24(18-26)28(34-19-21(3)37)23-11-6-5-7-12-23/h5-18,21,28,34-35,37H,2,4,19H2,1,3H3,(H,36,38)/b27-16-. The maximum absolute atomic E-state index is 13.3. The number of hydrogen-bond acceptors (Lipinski definition) is 4. The van der Waals surface area contributed by atoms with Crippen LogP contribution in [-0.4, -0.2) is 29.8 Å². The summed E-state index contributed by atoms with van der Waals surface area (Å²) in [5, 5.41) is 18.6. The van der Waals surface area contributed by atoms with Crippen molar-refractivity contribution in [2.45, 2.75) is 38.6 Å². The molecule has 0 heterocycles. The summed E-state index contributed by atoms with van der Waals surface area (Å²) in [5.74, 6) is -0.748. The van der Waals surface area contributed by atoms with Crippen LogP contribution in [0.5, 0.6) is 0 Å². The third-order valence-corrected chi connectivity index (χ3v) is 5.77. The molecule has 3 aromatic rings.